The van der Waals surface area contributed by atoms with Crippen molar-refractivity contribution in [1.29, 1.82) is 0 Å². The number of fused-ring (bicyclic) bond motifs is 5. The Morgan fingerprint density at radius 2 is 1.03 bits per heavy atom. The Morgan fingerprint density at radius 3 is 1.70 bits per heavy atom. The van der Waals surface area contributed by atoms with Crippen molar-refractivity contribution >= 4 is 43.5 Å². The highest BCUT2D eigenvalue weighted by Crippen LogP contribution is 2.46. The van der Waals surface area contributed by atoms with Crippen LogP contribution in [0, 0.1) is 0 Å². The first-order chi connectivity index (χ1) is 23.4. The zero-order valence-electron chi connectivity index (χ0n) is 33.6. The summed E-state index contributed by atoms with van der Waals surface area (Å²) in [6.45, 7) is 0. The van der Waals surface area contributed by atoms with Crippen LogP contribution in [0.1, 0.15) is 23.3 Å². The molecule has 1 aromatic heterocycles. The van der Waals surface area contributed by atoms with Gasteiger partial charge in [-0.05, 0) is 38.7 Å². The first-order valence-corrected chi connectivity index (χ1v) is 9.90. The van der Waals surface area contributed by atoms with Gasteiger partial charge in [0, 0.05) is 21.9 Å². The highest BCUT2D eigenvalue weighted by atomic mass is 16.3. The van der Waals surface area contributed by atoms with Crippen molar-refractivity contribution in [1.82, 2.24) is 0 Å². The molecule has 33 heavy (non-hydrogen) atoms. The largest absolute Gasteiger partial charge is 0.455 e. The van der Waals surface area contributed by atoms with E-state index in [1.54, 1.807) is 0 Å². The summed E-state index contributed by atoms with van der Waals surface area (Å²) >= 11 is 0. The van der Waals surface area contributed by atoms with Gasteiger partial charge in [0.05, 0.1) is 23.3 Å². The van der Waals surface area contributed by atoms with E-state index in [1.165, 1.54) is 18.2 Å². The summed E-state index contributed by atoms with van der Waals surface area (Å²) in [6.07, 6.45) is 0. The van der Waals surface area contributed by atoms with E-state index in [0.717, 1.165) is 0 Å². The quantitative estimate of drug-likeness (QED) is 0.246. The Morgan fingerprint density at radius 1 is 0.485 bits per heavy atom. The van der Waals surface area contributed by atoms with Gasteiger partial charge in [-0.3, -0.25) is 0 Å². The zero-order valence-corrected chi connectivity index (χ0v) is 16.6. The molecule has 7 rings (SSSR count). The summed E-state index contributed by atoms with van der Waals surface area (Å²) in [5, 5.41) is -1.22. The van der Waals surface area contributed by atoms with Crippen molar-refractivity contribution in [3.8, 4) is 22.3 Å². The fourth-order valence-corrected chi connectivity index (χ4v) is 4.23. The van der Waals surface area contributed by atoms with E-state index >= 15 is 0 Å². The van der Waals surface area contributed by atoms with Crippen molar-refractivity contribution in [3.63, 3.8) is 0 Å². The molecule has 0 bridgehead atoms. The molecule has 154 valence electrons. The Hall–Kier alpha value is -4.36. The topological polar surface area (TPSA) is 13.1 Å². The third kappa shape index (κ3) is 2.66. The van der Waals surface area contributed by atoms with Crippen LogP contribution >= 0.6 is 0 Å². The molecule has 0 saturated heterocycles. The molecule has 1 heteroatoms. The SMILES string of the molecule is [2H]c1c([2H])c([2H])c(-c2c3c([2H])c([2H])c([2H])c([2H])c3c(-c3cccc4c3oc3c([2H])c([2H])c([2H])c([2H])c34)c3c([2H])c([2H])c([2H])c([2H])c23)c([2H])c1[2H]. The molecule has 0 unspecified atom stereocenters. The summed E-state index contributed by atoms with van der Waals surface area (Å²) in [5.74, 6) is 0. The Kier molecular flexibility index (Phi) is 1.76. The van der Waals surface area contributed by atoms with Crippen LogP contribution < -0.4 is 0 Å². The third-order valence-electron chi connectivity index (χ3n) is 5.54. The standard InChI is InChI=1S/C32H20O/c1-2-11-21(12-3-1)30-23-14-4-6-16-25(23)31(26-17-7-5-15-24(26)30)28-19-10-18-27-22-13-8-9-20-29(22)33-32(27)28/h1-20H/i1D,2D,3D,4D,5D,6D,7D,8D,9D,11D,12D,13D,14D,15D,16D,17D,20D. The Balaban J connectivity index is 1.88. The molecule has 0 aliphatic rings. The number of benzene rings is 6. The number of para-hydroxylation sites is 2. The number of hydrogen-bond donors (Lipinski definition) is 0. The minimum absolute atomic E-state index is 0.00762. The molecule has 6 aromatic carbocycles. The fourth-order valence-electron chi connectivity index (χ4n) is 4.23. The van der Waals surface area contributed by atoms with Gasteiger partial charge in [-0.1, -0.05) is 115 Å². The maximum absolute atomic E-state index is 9.12. The lowest BCUT2D eigenvalue weighted by atomic mass is 9.85. The van der Waals surface area contributed by atoms with Crippen LogP contribution in [0.3, 0.4) is 0 Å². The van der Waals surface area contributed by atoms with E-state index in [9.17, 15) is 0 Å². The zero-order chi connectivity index (χ0) is 36.6. The lowest BCUT2D eigenvalue weighted by molar-refractivity contribution is 0.670. The van der Waals surface area contributed by atoms with E-state index in [-0.39, 0.29) is 54.6 Å². The third-order valence-corrected chi connectivity index (χ3v) is 5.54. The lowest BCUT2D eigenvalue weighted by Crippen LogP contribution is -1.90. The average Bonchev–Trinajstić information content (AvgIpc) is 3.50. The normalized spacial score (nSPS) is 18.8. The van der Waals surface area contributed by atoms with E-state index < -0.39 is 114 Å². The maximum atomic E-state index is 9.12. The smallest absolute Gasteiger partial charge is 0.143 e. The second-order valence-electron chi connectivity index (χ2n) is 7.24. The van der Waals surface area contributed by atoms with Gasteiger partial charge < -0.3 is 4.42 Å². The molecule has 0 N–H and O–H groups in total. The van der Waals surface area contributed by atoms with Gasteiger partial charge >= 0.3 is 0 Å². The molecule has 0 radical (unpaired) electrons. The summed E-state index contributed by atoms with van der Waals surface area (Å²) < 4.78 is 153. The molecular weight excluding hydrogens is 400 g/mol. The molecule has 0 fully saturated rings. The van der Waals surface area contributed by atoms with Crippen molar-refractivity contribution in [2.45, 2.75) is 0 Å². The van der Waals surface area contributed by atoms with Crippen LogP contribution in [0.5, 0.6) is 0 Å². The second-order valence-corrected chi connectivity index (χ2v) is 7.24. The highest BCUT2D eigenvalue weighted by molar-refractivity contribution is 6.24. The maximum Gasteiger partial charge on any atom is 0.143 e. The number of rotatable bonds is 2. The molecular formula is C32H20O. The Bertz CT molecular complexity index is 2620. The summed E-state index contributed by atoms with van der Waals surface area (Å²) in [7, 11) is 0. The van der Waals surface area contributed by atoms with Crippen LogP contribution in [0.2, 0.25) is 0 Å². The molecule has 0 atom stereocenters. The Labute approximate surface area is 215 Å². The predicted octanol–water partition coefficient (Wildman–Crippen LogP) is 9.23. The van der Waals surface area contributed by atoms with Gasteiger partial charge in [-0.15, -0.1) is 0 Å². The molecule has 0 spiro atoms. The second kappa shape index (κ2) is 7.08. The molecule has 0 amide bonds. The van der Waals surface area contributed by atoms with Gasteiger partial charge in [0.25, 0.3) is 0 Å². The molecule has 0 aliphatic heterocycles. The molecule has 0 aliphatic carbocycles. The van der Waals surface area contributed by atoms with Crippen molar-refractivity contribution in [2.24, 2.45) is 0 Å². The molecule has 0 saturated carbocycles. The van der Waals surface area contributed by atoms with Gasteiger partial charge in [0.2, 0.25) is 0 Å². The predicted molar refractivity (Wildman–Crippen MR) is 140 cm³/mol. The minimum atomic E-state index is -0.778. The van der Waals surface area contributed by atoms with Crippen LogP contribution in [0.4, 0.5) is 0 Å². The van der Waals surface area contributed by atoms with Gasteiger partial charge in [-0.25, -0.2) is 0 Å². The van der Waals surface area contributed by atoms with Crippen LogP contribution in [0.15, 0.2) is 125 Å². The average molecular weight is 438 g/mol. The van der Waals surface area contributed by atoms with Crippen LogP contribution in [-0.4, -0.2) is 0 Å². The molecule has 1 heterocycles. The van der Waals surface area contributed by atoms with Gasteiger partial charge in [0.1, 0.15) is 11.2 Å². The van der Waals surface area contributed by atoms with E-state index in [4.69, 9.17) is 27.7 Å². The summed E-state index contributed by atoms with van der Waals surface area (Å²) in [5.41, 5.74) is -1.43. The highest BCUT2D eigenvalue weighted by Gasteiger charge is 2.19. The lowest BCUT2D eigenvalue weighted by Gasteiger charge is -2.17. The van der Waals surface area contributed by atoms with E-state index in [2.05, 4.69) is 0 Å². The first kappa shape index (κ1) is 8.20. The summed E-state index contributed by atoms with van der Waals surface area (Å²) in [6, 6.07) is -7.12. The van der Waals surface area contributed by atoms with Crippen molar-refractivity contribution in [2.75, 3.05) is 0 Å². The number of hydrogen-bond acceptors (Lipinski definition) is 1. The van der Waals surface area contributed by atoms with Crippen LogP contribution in [0.25, 0.3) is 65.7 Å². The summed E-state index contributed by atoms with van der Waals surface area (Å²) in [4.78, 5) is 0. The van der Waals surface area contributed by atoms with Crippen LogP contribution in [-0.2, 0) is 0 Å². The monoisotopic (exact) mass is 437 g/mol. The van der Waals surface area contributed by atoms with Gasteiger partial charge in [-0.2, -0.15) is 0 Å². The van der Waals surface area contributed by atoms with Crippen molar-refractivity contribution in [3.05, 3.63) is 121 Å². The van der Waals surface area contributed by atoms with Crippen molar-refractivity contribution < 1.29 is 27.7 Å². The minimum Gasteiger partial charge on any atom is -0.455 e. The van der Waals surface area contributed by atoms with E-state index in [0.29, 0.717) is 0 Å². The van der Waals surface area contributed by atoms with Gasteiger partial charge in [0.15, 0.2) is 0 Å². The molecule has 7 aromatic rings. The molecule has 1 nitrogen and oxygen atoms in total. The van der Waals surface area contributed by atoms with E-state index in [1.807, 2.05) is 0 Å². The fraction of sp³-hybridized carbons (Fsp3) is 0. The number of furan rings is 1. The first-order valence-electron chi connectivity index (χ1n) is 18.4.